The van der Waals surface area contributed by atoms with E-state index in [0.717, 1.165) is 40.2 Å². The summed E-state index contributed by atoms with van der Waals surface area (Å²) in [6.45, 7) is 3.91. The Labute approximate surface area is 123 Å². The number of carbonyl (C=O) groups is 1. The van der Waals surface area contributed by atoms with E-state index in [4.69, 9.17) is 0 Å². The third kappa shape index (κ3) is 3.36. The summed E-state index contributed by atoms with van der Waals surface area (Å²) in [5.74, 6) is 0.328. The predicted octanol–water partition coefficient (Wildman–Crippen LogP) is 3.21. The molecule has 2 aromatic rings. The van der Waals surface area contributed by atoms with Gasteiger partial charge in [0, 0.05) is 4.47 Å². The maximum absolute atomic E-state index is 12.1. The zero-order valence-electron chi connectivity index (χ0n) is 10.6. The van der Waals surface area contributed by atoms with E-state index < -0.39 is 0 Å². The Balaban J connectivity index is 2.16. The van der Waals surface area contributed by atoms with Crippen LogP contribution < -0.4 is 5.32 Å². The molecule has 0 aromatic carbocycles. The van der Waals surface area contributed by atoms with Gasteiger partial charge < -0.3 is 5.32 Å². The van der Waals surface area contributed by atoms with Crippen LogP contribution in [0.15, 0.2) is 16.6 Å². The molecule has 0 aliphatic carbocycles. The second-order valence-corrected chi connectivity index (χ2v) is 5.63. The van der Waals surface area contributed by atoms with Gasteiger partial charge in [-0.2, -0.15) is 0 Å². The molecule has 0 atom stereocenters. The molecule has 7 heteroatoms. The molecule has 2 aromatic heterocycles. The molecule has 2 heterocycles. The third-order valence-electron chi connectivity index (χ3n) is 2.51. The van der Waals surface area contributed by atoms with Crippen molar-refractivity contribution in [3.8, 4) is 0 Å². The monoisotopic (exact) mass is 340 g/mol. The highest BCUT2D eigenvalue weighted by Gasteiger charge is 2.16. The first-order chi connectivity index (χ1) is 9.11. The highest BCUT2D eigenvalue weighted by molar-refractivity contribution is 9.10. The summed E-state index contributed by atoms with van der Waals surface area (Å²) in [5, 5.41) is 6.75. The average molecular weight is 341 g/mol. The molecule has 0 spiro atoms. The molecule has 1 N–H and O–H groups in total. The topological polar surface area (TPSA) is 67.8 Å². The van der Waals surface area contributed by atoms with Crippen LogP contribution in [0.5, 0.6) is 0 Å². The maximum atomic E-state index is 12.1. The number of aryl methyl sites for hydroxylation is 2. The lowest BCUT2D eigenvalue weighted by molar-refractivity contribution is 0.102. The van der Waals surface area contributed by atoms with Gasteiger partial charge in [0.15, 0.2) is 0 Å². The van der Waals surface area contributed by atoms with E-state index in [2.05, 4.69) is 35.8 Å². The number of hydrogen-bond donors (Lipinski definition) is 1. The molecule has 1 amide bonds. The normalized spacial score (nSPS) is 10.5. The molecule has 0 bridgehead atoms. The number of amides is 1. The van der Waals surface area contributed by atoms with Crippen LogP contribution in [0.4, 0.5) is 5.82 Å². The molecular formula is C12H13BrN4OS. The van der Waals surface area contributed by atoms with Crippen molar-refractivity contribution in [2.45, 2.75) is 26.7 Å². The van der Waals surface area contributed by atoms with Gasteiger partial charge in [0.05, 0.1) is 11.4 Å². The molecule has 0 saturated carbocycles. The van der Waals surface area contributed by atoms with Crippen molar-refractivity contribution in [3.63, 3.8) is 0 Å². The van der Waals surface area contributed by atoms with Crippen molar-refractivity contribution >= 4 is 39.2 Å². The fourth-order valence-corrected chi connectivity index (χ4v) is 2.39. The SMILES string of the molecule is CCCc1nnsc1C(=O)Nc1ccc(Br)c(C)n1. The van der Waals surface area contributed by atoms with E-state index in [9.17, 15) is 4.79 Å². The Kier molecular flexibility index (Phi) is 4.60. The zero-order valence-corrected chi connectivity index (χ0v) is 13.0. The minimum absolute atomic E-state index is 0.201. The smallest absolute Gasteiger partial charge is 0.270 e. The molecule has 2 rings (SSSR count). The van der Waals surface area contributed by atoms with Crippen molar-refractivity contribution in [1.82, 2.24) is 14.6 Å². The van der Waals surface area contributed by atoms with Gasteiger partial charge in [-0.25, -0.2) is 4.98 Å². The minimum atomic E-state index is -0.201. The van der Waals surface area contributed by atoms with E-state index in [1.54, 1.807) is 6.07 Å². The summed E-state index contributed by atoms with van der Waals surface area (Å²) < 4.78 is 4.75. The van der Waals surface area contributed by atoms with Crippen LogP contribution in [0.25, 0.3) is 0 Å². The Bertz CT molecular complexity index is 599. The van der Waals surface area contributed by atoms with Crippen molar-refractivity contribution in [1.29, 1.82) is 0 Å². The van der Waals surface area contributed by atoms with Gasteiger partial charge in [0.25, 0.3) is 5.91 Å². The number of pyridine rings is 1. The Morgan fingerprint density at radius 2 is 2.26 bits per heavy atom. The van der Waals surface area contributed by atoms with Crippen molar-refractivity contribution in [2.75, 3.05) is 5.32 Å². The first-order valence-electron chi connectivity index (χ1n) is 5.87. The summed E-state index contributed by atoms with van der Waals surface area (Å²) in [5.41, 5.74) is 1.58. The van der Waals surface area contributed by atoms with Gasteiger partial charge in [0.2, 0.25) is 0 Å². The lowest BCUT2D eigenvalue weighted by Gasteiger charge is -2.05. The standard InChI is InChI=1S/C12H13BrN4OS/c1-3-4-9-11(19-17-16-9)12(18)15-10-6-5-8(13)7(2)14-10/h5-6H,3-4H2,1-2H3,(H,14,15,18). The maximum Gasteiger partial charge on any atom is 0.270 e. The molecule has 0 radical (unpaired) electrons. The fraction of sp³-hybridized carbons (Fsp3) is 0.333. The molecular weight excluding hydrogens is 328 g/mol. The summed E-state index contributed by atoms with van der Waals surface area (Å²) in [6.07, 6.45) is 1.69. The largest absolute Gasteiger partial charge is 0.306 e. The Morgan fingerprint density at radius 3 is 2.95 bits per heavy atom. The van der Waals surface area contributed by atoms with Crippen molar-refractivity contribution in [2.24, 2.45) is 0 Å². The second kappa shape index (κ2) is 6.21. The second-order valence-electron chi connectivity index (χ2n) is 4.02. The minimum Gasteiger partial charge on any atom is -0.306 e. The molecule has 0 aliphatic rings. The molecule has 0 unspecified atom stereocenters. The first kappa shape index (κ1) is 14.1. The Hall–Kier alpha value is -1.34. The summed E-state index contributed by atoms with van der Waals surface area (Å²) in [4.78, 5) is 17.0. The van der Waals surface area contributed by atoms with Crippen molar-refractivity contribution < 1.29 is 4.79 Å². The van der Waals surface area contributed by atoms with Crippen LogP contribution in [-0.2, 0) is 6.42 Å². The molecule has 0 aliphatic heterocycles. The molecule has 100 valence electrons. The van der Waals surface area contributed by atoms with Crippen LogP contribution in [0.2, 0.25) is 0 Å². The van der Waals surface area contributed by atoms with Gasteiger partial charge in [0.1, 0.15) is 10.7 Å². The van der Waals surface area contributed by atoms with Crippen LogP contribution in [0.1, 0.15) is 34.4 Å². The number of carbonyl (C=O) groups excluding carboxylic acids is 1. The number of halogens is 1. The Morgan fingerprint density at radius 1 is 1.47 bits per heavy atom. The van der Waals surface area contributed by atoms with Gasteiger partial charge >= 0.3 is 0 Å². The molecule has 5 nitrogen and oxygen atoms in total. The van der Waals surface area contributed by atoms with Gasteiger partial charge in [-0.15, -0.1) is 5.10 Å². The highest BCUT2D eigenvalue weighted by atomic mass is 79.9. The van der Waals surface area contributed by atoms with Gasteiger partial charge in [-0.1, -0.05) is 17.8 Å². The number of hydrogen-bond acceptors (Lipinski definition) is 5. The number of aromatic nitrogens is 3. The number of nitrogens with zero attached hydrogens (tertiary/aromatic N) is 3. The molecule has 0 fully saturated rings. The van der Waals surface area contributed by atoms with Gasteiger partial charge in [-0.3, -0.25) is 4.79 Å². The number of anilines is 1. The lowest BCUT2D eigenvalue weighted by Crippen LogP contribution is -2.13. The molecule has 19 heavy (non-hydrogen) atoms. The summed E-state index contributed by atoms with van der Waals surface area (Å²) >= 11 is 4.49. The fourth-order valence-electron chi connectivity index (χ4n) is 1.57. The first-order valence-corrected chi connectivity index (χ1v) is 7.44. The summed E-state index contributed by atoms with van der Waals surface area (Å²) in [6, 6.07) is 3.61. The van der Waals surface area contributed by atoms with Crippen LogP contribution >= 0.6 is 27.5 Å². The lowest BCUT2D eigenvalue weighted by atomic mass is 10.2. The van der Waals surface area contributed by atoms with Crippen LogP contribution in [0.3, 0.4) is 0 Å². The van der Waals surface area contributed by atoms with E-state index >= 15 is 0 Å². The predicted molar refractivity (Wildman–Crippen MR) is 78.5 cm³/mol. The number of nitrogens with one attached hydrogen (secondary N) is 1. The van der Waals surface area contributed by atoms with E-state index in [1.807, 2.05) is 19.9 Å². The molecule has 0 saturated heterocycles. The average Bonchev–Trinajstić information content (AvgIpc) is 2.83. The number of rotatable bonds is 4. The van der Waals surface area contributed by atoms with Crippen LogP contribution in [0, 0.1) is 6.92 Å². The van der Waals surface area contributed by atoms with Crippen LogP contribution in [-0.4, -0.2) is 20.5 Å². The third-order valence-corrected chi connectivity index (χ3v) is 4.12. The zero-order chi connectivity index (χ0) is 13.8. The van der Waals surface area contributed by atoms with E-state index in [1.165, 1.54) is 0 Å². The summed E-state index contributed by atoms with van der Waals surface area (Å²) in [7, 11) is 0. The highest BCUT2D eigenvalue weighted by Crippen LogP contribution is 2.18. The van der Waals surface area contributed by atoms with E-state index in [0.29, 0.717) is 10.7 Å². The quantitative estimate of drug-likeness (QED) is 0.927. The van der Waals surface area contributed by atoms with E-state index in [-0.39, 0.29) is 5.91 Å². The van der Waals surface area contributed by atoms with Gasteiger partial charge in [-0.05, 0) is 52.9 Å². The van der Waals surface area contributed by atoms with Crippen molar-refractivity contribution in [3.05, 3.63) is 32.9 Å².